The number of aliphatic hydroxyl groups excluding tert-OH is 2. The molecular formula is C58H94FN5O17. The molecule has 460 valence electrons. The van der Waals surface area contributed by atoms with Crippen LogP contribution in [0.25, 0.3) is 10.9 Å². The Balaban J connectivity index is 1.10. The largest absolute Gasteiger partial charge is 0.477 e. The van der Waals surface area contributed by atoms with E-state index in [4.69, 9.17) is 37.9 Å². The minimum atomic E-state index is -1.87. The highest BCUT2D eigenvalue weighted by atomic mass is 19.1. The molecule has 4 fully saturated rings. The van der Waals surface area contributed by atoms with Crippen LogP contribution >= 0.6 is 0 Å². The number of benzene rings is 1. The van der Waals surface area contributed by atoms with Crippen molar-refractivity contribution in [3.05, 3.63) is 39.9 Å². The van der Waals surface area contributed by atoms with Gasteiger partial charge in [0.15, 0.2) is 18.7 Å². The number of hydrogen-bond donors (Lipinski definition) is 7. The number of carbonyl (C=O) groups is 3. The average molecular weight is 1150 g/mol. The number of carboxylic acid groups (broad SMARTS) is 1. The molecule has 1 aromatic carbocycles. The third-order valence-corrected chi connectivity index (χ3v) is 17.2. The van der Waals surface area contributed by atoms with Gasteiger partial charge in [-0.2, -0.15) is 0 Å². The van der Waals surface area contributed by atoms with Gasteiger partial charge in [-0.1, -0.05) is 20.8 Å². The molecule has 4 aliphatic rings. The maximum atomic E-state index is 15.1. The molecule has 3 aliphatic heterocycles. The predicted octanol–water partition coefficient (Wildman–Crippen LogP) is 4.05. The predicted molar refractivity (Wildman–Crippen MR) is 298 cm³/mol. The number of halogens is 1. The van der Waals surface area contributed by atoms with Crippen LogP contribution in [0, 0.1) is 23.6 Å². The van der Waals surface area contributed by atoms with Crippen LogP contribution in [-0.4, -0.2) is 216 Å². The highest BCUT2D eigenvalue weighted by Gasteiger charge is 2.54. The molecular weight excluding hydrogens is 1060 g/mol. The number of carbonyl (C=O) groups excluding carboxylic acids is 2. The van der Waals surface area contributed by atoms with E-state index in [-0.39, 0.29) is 87.2 Å². The maximum absolute atomic E-state index is 15.1. The Morgan fingerprint density at radius 3 is 2.25 bits per heavy atom. The van der Waals surface area contributed by atoms with Gasteiger partial charge >= 0.3 is 17.9 Å². The smallest absolute Gasteiger partial charge is 0.341 e. The van der Waals surface area contributed by atoms with Crippen molar-refractivity contribution >= 4 is 34.5 Å². The van der Waals surface area contributed by atoms with E-state index < -0.39 is 125 Å². The number of carboxylic acids is 1. The van der Waals surface area contributed by atoms with E-state index in [9.17, 15) is 44.7 Å². The van der Waals surface area contributed by atoms with Crippen molar-refractivity contribution in [2.75, 3.05) is 73.0 Å². The Hall–Kier alpha value is -3.95. The molecule has 0 bridgehead atoms. The van der Waals surface area contributed by atoms with Crippen LogP contribution in [0.5, 0.6) is 0 Å². The molecule has 0 amide bonds. The van der Waals surface area contributed by atoms with E-state index >= 15 is 4.39 Å². The summed E-state index contributed by atoms with van der Waals surface area (Å²) in [7, 11) is 7.05. The van der Waals surface area contributed by atoms with Gasteiger partial charge in [-0.25, -0.2) is 9.18 Å². The van der Waals surface area contributed by atoms with E-state index in [1.807, 2.05) is 44.8 Å². The molecule has 7 N–H and O–H groups in total. The van der Waals surface area contributed by atoms with Crippen LogP contribution < -0.4 is 16.1 Å². The minimum Gasteiger partial charge on any atom is -0.477 e. The van der Waals surface area contributed by atoms with Crippen molar-refractivity contribution in [1.82, 2.24) is 19.7 Å². The zero-order chi connectivity index (χ0) is 60.1. The summed E-state index contributed by atoms with van der Waals surface area (Å²) in [6.07, 6.45) is -6.24. The number of likely N-dealkylation sites (N-methyl/N-ethyl adjacent to an activating group) is 2. The first kappa shape index (κ1) is 66.2. The van der Waals surface area contributed by atoms with Crippen LogP contribution in [0.4, 0.5) is 10.1 Å². The molecule has 22 nitrogen and oxygen atoms in total. The Bertz CT molecular complexity index is 2500. The number of hydrogen-bond acceptors (Lipinski definition) is 20. The normalized spacial score (nSPS) is 36.9. The van der Waals surface area contributed by atoms with Gasteiger partial charge in [-0.15, -0.1) is 0 Å². The SMILES string of the molecule is CC[C@H]1OC(=O)[C@H](C)[C@@H](OC2C[C@@](C)(OC)[C@H](OC(=O)CCNCCOCCNc3cc4c(cc3F)c(=O)c(C(=O)O)cn4C3CC3)[C@@H](C)O2)[C@H](C)[C@@H](OC2O[C@H](C)C[C@H](N(C)C)[C@H]2O)[C@](C)(O)C[C@@H](C)CN(C)[C@H](C)[C@@H](O)[C@]1(C)O. The molecule has 6 rings (SSSR count). The Morgan fingerprint density at radius 2 is 1.62 bits per heavy atom. The highest BCUT2D eigenvalue weighted by molar-refractivity contribution is 5.93. The summed E-state index contributed by atoms with van der Waals surface area (Å²) in [6, 6.07) is 1.71. The Morgan fingerprint density at radius 1 is 0.938 bits per heavy atom. The fourth-order valence-electron chi connectivity index (χ4n) is 12.3. The topological polar surface area (TPSA) is 279 Å². The number of methoxy groups -OCH3 is 1. The van der Waals surface area contributed by atoms with Crippen LogP contribution in [0.2, 0.25) is 0 Å². The van der Waals surface area contributed by atoms with E-state index in [0.717, 1.165) is 18.9 Å². The van der Waals surface area contributed by atoms with Gasteiger partial charge in [0.25, 0.3) is 0 Å². The summed E-state index contributed by atoms with van der Waals surface area (Å²) < 4.78 is 67.4. The molecule has 2 aromatic rings. The van der Waals surface area contributed by atoms with Gasteiger partial charge in [-0.05, 0) is 120 Å². The summed E-state index contributed by atoms with van der Waals surface area (Å²) in [5.74, 6) is -5.48. The zero-order valence-corrected chi connectivity index (χ0v) is 50.0. The Kier molecular flexibility index (Phi) is 22.7. The number of nitrogens with one attached hydrogen (secondary N) is 2. The molecule has 23 heteroatoms. The van der Waals surface area contributed by atoms with Gasteiger partial charge in [0.05, 0.1) is 66.8 Å². The third-order valence-electron chi connectivity index (χ3n) is 17.2. The second kappa shape index (κ2) is 27.8. The molecule has 0 radical (unpaired) electrons. The lowest BCUT2D eigenvalue weighted by Gasteiger charge is -2.49. The maximum Gasteiger partial charge on any atom is 0.341 e. The first-order valence-electron chi connectivity index (χ1n) is 28.8. The van der Waals surface area contributed by atoms with Gasteiger partial charge in [0.2, 0.25) is 5.43 Å². The Labute approximate surface area is 476 Å². The van der Waals surface area contributed by atoms with Crippen molar-refractivity contribution in [2.45, 2.75) is 211 Å². The van der Waals surface area contributed by atoms with Crippen molar-refractivity contribution in [3.63, 3.8) is 0 Å². The summed E-state index contributed by atoms with van der Waals surface area (Å²) >= 11 is 0. The van der Waals surface area contributed by atoms with Crippen LogP contribution in [0.15, 0.2) is 23.1 Å². The lowest BCUT2D eigenvalue weighted by atomic mass is 9.77. The lowest BCUT2D eigenvalue weighted by molar-refractivity contribution is -0.318. The summed E-state index contributed by atoms with van der Waals surface area (Å²) in [5.41, 5.74) is -5.21. The van der Waals surface area contributed by atoms with Crippen molar-refractivity contribution in [1.29, 1.82) is 0 Å². The van der Waals surface area contributed by atoms with E-state index in [2.05, 4.69) is 10.6 Å². The third kappa shape index (κ3) is 15.9. The zero-order valence-electron chi connectivity index (χ0n) is 50.0. The fraction of sp³-hybridized carbons (Fsp3) is 0.793. The lowest BCUT2D eigenvalue weighted by Crippen LogP contribution is -2.61. The molecule has 1 aliphatic carbocycles. The van der Waals surface area contributed by atoms with Crippen molar-refractivity contribution in [3.8, 4) is 0 Å². The van der Waals surface area contributed by atoms with Crippen LogP contribution in [-0.2, 0) is 47.5 Å². The monoisotopic (exact) mass is 1150 g/mol. The molecule has 1 saturated carbocycles. The number of aromatic nitrogens is 1. The average Bonchev–Trinajstić information content (AvgIpc) is 4.28. The number of aromatic carboxylic acids is 1. The minimum absolute atomic E-state index is 0.00385. The van der Waals surface area contributed by atoms with E-state index in [1.165, 1.54) is 26.3 Å². The van der Waals surface area contributed by atoms with Crippen LogP contribution in [0.1, 0.15) is 131 Å². The number of ether oxygens (including phenoxy) is 8. The number of nitrogens with zero attached hydrogens (tertiary/aromatic N) is 3. The number of aliphatic hydroxyl groups is 4. The number of fused-ring (bicyclic) bond motifs is 1. The summed E-state index contributed by atoms with van der Waals surface area (Å²) in [6.45, 7) is 19.2. The number of anilines is 1. The van der Waals surface area contributed by atoms with Gasteiger partial charge in [0.1, 0.15) is 40.9 Å². The van der Waals surface area contributed by atoms with Crippen molar-refractivity contribution < 1.29 is 82.2 Å². The fourth-order valence-corrected chi connectivity index (χ4v) is 12.3. The molecule has 18 atom stereocenters. The van der Waals surface area contributed by atoms with Crippen molar-refractivity contribution in [2.24, 2.45) is 17.8 Å². The molecule has 1 aromatic heterocycles. The quantitative estimate of drug-likeness (QED) is 0.0728. The van der Waals surface area contributed by atoms with Gasteiger partial charge in [-0.3, -0.25) is 14.4 Å². The molecule has 3 saturated heterocycles. The van der Waals surface area contributed by atoms with Crippen LogP contribution in [0.3, 0.4) is 0 Å². The summed E-state index contributed by atoms with van der Waals surface area (Å²) in [5, 5.41) is 63.8. The second-order valence-corrected chi connectivity index (χ2v) is 24.3. The van der Waals surface area contributed by atoms with Gasteiger partial charge < -0.3 is 88.4 Å². The molecule has 0 spiro atoms. The van der Waals surface area contributed by atoms with E-state index in [1.54, 1.807) is 53.0 Å². The first-order valence-corrected chi connectivity index (χ1v) is 28.8. The summed E-state index contributed by atoms with van der Waals surface area (Å²) in [4.78, 5) is 56.4. The number of rotatable bonds is 20. The highest BCUT2D eigenvalue weighted by Crippen LogP contribution is 2.42. The molecule has 81 heavy (non-hydrogen) atoms. The molecule has 2 unspecified atom stereocenters. The number of cyclic esters (lactones) is 1. The number of esters is 2. The standard InChI is InChI=1S/C58H94FN5O17/c1-15-44-58(10,73)50(68)35(6)63(13)29-31(2)27-56(8,72)51(81-55-48(67)43(62(11)12)24-32(3)76-55)33(4)49(34(5)54(71)78-44)80-46-28-57(9,74-14)52(36(7)77-46)79-45(65)18-19-60-20-22-75-23-21-61-41-26-42-38(25-40(41)59)47(66)39(53(69)70)30-64(42)37-16-17-37/h25-26,30-37,43-44,46,48-52,55,60-61,67-68,72-73H,15-24,27-29H2,1-14H3,(H,69,70)/t31-,32-,33+,34-,35-,36-,43+,44-,46?,48-,49+,50-,51-,52-,55?,56-,57-,58-/m1/s1. The van der Waals surface area contributed by atoms with Gasteiger partial charge in [0, 0.05) is 75.3 Å². The molecule has 4 heterocycles. The second-order valence-electron chi connectivity index (χ2n) is 24.3. The van der Waals surface area contributed by atoms with E-state index in [0.29, 0.717) is 25.0 Å². The first-order chi connectivity index (χ1) is 38.0. The number of pyridine rings is 1.